The molecule has 12 unspecified atom stereocenters. The number of allylic oxidation sites excluding steroid dienone is 5. The molecule has 5 saturated carbocycles. The summed E-state index contributed by atoms with van der Waals surface area (Å²) in [5.74, 6) is 3.71. The molecule has 7 aliphatic carbocycles. The summed E-state index contributed by atoms with van der Waals surface area (Å²) in [5.41, 5.74) is 5.54. The van der Waals surface area contributed by atoms with Crippen LogP contribution in [0.25, 0.3) is 0 Å². The highest BCUT2D eigenvalue weighted by Crippen LogP contribution is 2.77. The lowest BCUT2D eigenvalue weighted by Gasteiger charge is -2.72. The Morgan fingerprint density at radius 2 is 1.71 bits per heavy atom. The number of carbonyl (C=O) groups is 1. The molecule has 12 atom stereocenters. The molecule has 0 spiro atoms. The van der Waals surface area contributed by atoms with Crippen LogP contribution in [0.1, 0.15) is 106 Å². The minimum Gasteiger partial charge on any atom is -0.481 e. The first-order valence-corrected chi connectivity index (χ1v) is 21.8. The zero-order chi connectivity index (χ0) is 34.9. The van der Waals surface area contributed by atoms with Crippen LogP contribution in [-0.4, -0.2) is 67.6 Å². The molecule has 8 aliphatic rings. The van der Waals surface area contributed by atoms with E-state index in [2.05, 4.69) is 70.5 Å². The van der Waals surface area contributed by atoms with Gasteiger partial charge in [-0.05, 0) is 145 Å². The maximum absolute atomic E-state index is 12.0. The van der Waals surface area contributed by atoms with Crippen molar-refractivity contribution >= 4 is 15.8 Å². The number of hydrogen-bond acceptors (Lipinski definition) is 5. The zero-order valence-electron chi connectivity index (χ0n) is 31.3. The first kappa shape index (κ1) is 34.6. The molecule has 7 heteroatoms. The summed E-state index contributed by atoms with van der Waals surface area (Å²) in [6, 6.07) is 0. The van der Waals surface area contributed by atoms with Crippen LogP contribution in [0.2, 0.25) is 0 Å². The number of nitrogens with zero attached hydrogens (tertiary/aromatic N) is 1. The number of aliphatic carboxylic acids is 1. The van der Waals surface area contributed by atoms with Crippen molar-refractivity contribution in [3.8, 4) is 0 Å². The molecule has 8 rings (SSSR count). The minimum atomic E-state index is -2.85. The van der Waals surface area contributed by atoms with Crippen molar-refractivity contribution in [1.82, 2.24) is 10.2 Å². The lowest BCUT2D eigenvalue weighted by molar-refractivity contribution is -0.221. The van der Waals surface area contributed by atoms with E-state index >= 15 is 0 Å². The second-order valence-electron chi connectivity index (χ2n) is 19.8. The molecule has 49 heavy (non-hydrogen) atoms. The van der Waals surface area contributed by atoms with E-state index in [4.69, 9.17) is 0 Å². The summed E-state index contributed by atoms with van der Waals surface area (Å²) in [6.45, 7) is 23.3. The fourth-order valence-corrected chi connectivity index (χ4v) is 16.3. The van der Waals surface area contributed by atoms with Gasteiger partial charge in [0.15, 0.2) is 9.84 Å². The third-order valence-corrected chi connectivity index (χ3v) is 19.3. The summed E-state index contributed by atoms with van der Waals surface area (Å²) in [5, 5.41) is 13.8. The van der Waals surface area contributed by atoms with Crippen molar-refractivity contribution in [2.75, 3.05) is 37.7 Å². The summed E-state index contributed by atoms with van der Waals surface area (Å²) in [4.78, 5) is 14.0. The van der Waals surface area contributed by atoms with Crippen LogP contribution >= 0.6 is 0 Å². The summed E-state index contributed by atoms with van der Waals surface area (Å²) in [6.07, 6.45) is 17.4. The zero-order valence-corrected chi connectivity index (χ0v) is 32.1. The van der Waals surface area contributed by atoms with Crippen LogP contribution in [0, 0.1) is 69.0 Å². The van der Waals surface area contributed by atoms with Gasteiger partial charge in [0.25, 0.3) is 0 Å². The topological polar surface area (TPSA) is 86.7 Å². The van der Waals surface area contributed by atoms with Gasteiger partial charge in [0.2, 0.25) is 0 Å². The van der Waals surface area contributed by atoms with Gasteiger partial charge in [-0.1, -0.05) is 58.9 Å². The molecule has 0 radical (unpaired) electrons. The third-order valence-electron chi connectivity index (χ3n) is 17.7. The average Bonchev–Trinajstić information content (AvgIpc) is 3.32. The van der Waals surface area contributed by atoms with Crippen LogP contribution < -0.4 is 5.32 Å². The van der Waals surface area contributed by atoms with E-state index in [0.29, 0.717) is 70.9 Å². The molecule has 1 aliphatic heterocycles. The molecule has 0 aromatic heterocycles. The van der Waals surface area contributed by atoms with E-state index in [1.54, 1.807) is 5.57 Å². The van der Waals surface area contributed by atoms with Gasteiger partial charge in [-0.25, -0.2) is 8.42 Å². The molecule has 2 N–H and O–H groups in total. The van der Waals surface area contributed by atoms with E-state index in [1.165, 1.54) is 62.5 Å². The monoisotopic (exact) mass is 692 g/mol. The molecule has 6 fully saturated rings. The number of carboxylic acids is 1. The largest absolute Gasteiger partial charge is 0.481 e. The normalized spacial score (nSPS) is 49.3. The van der Waals surface area contributed by atoms with Gasteiger partial charge >= 0.3 is 5.97 Å². The number of fused-ring (bicyclic) bond motifs is 8. The van der Waals surface area contributed by atoms with Crippen molar-refractivity contribution in [2.45, 2.75) is 111 Å². The highest BCUT2D eigenvalue weighted by Gasteiger charge is 2.70. The second-order valence-corrected chi connectivity index (χ2v) is 22.1. The lowest BCUT2D eigenvalue weighted by Crippen LogP contribution is -2.68. The van der Waals surface area contributed by atoms with Crippen molar-refractivity contribution in [1.29, 1.82) is 0 Å². The van der Waals surface area contributed by atoms with Gasteiger partial charge in [0, 0.05) is 31.7 Å². The van der Waals surface area contributed by atoms with Crippen LogP contribution in [0.15, 0.2) is 35.5 Å². The Labute approximate surface area is 296 Å². The molecule has 6 nitrogen and oxygen atoms in total. The molecule has 1 heterocycles. The molecule has 272 valence electrons. The first-order chi connectivity index (χ1) is 23.0. The van der Waals surface area contributed by atoms with Crippen molar-refractivity contribution in [3.63, 3.8) is 0 Å². The van der Waals surface area contributed by atoms with Crippen LogP contribution in [0.4, 0.5) is 0 Å². The SMILES string of the molecule is C=C(C)C1CCC2(NCCN3CCS(=O)(=O)CC3)CCC3(C)C(CCC4C5(C)CC=C(C6=CC7C(C6)C7C(=O)O)C(C)(C)C5CCC43C)C12. The average molecular weight is 693 g/mol. The van der Waals surface area contributed by atoms with E-state index < -0.39 is 15.8 Å². The molecule has 1 saturated heterocycles. The number of rotatable bonds is 7. The number of sulfone groups is 1. The van der Waals surface area contributed by atoms with Crippen LogP contribution in [0.3, 0.4) is 0 Å². The maximum Gasteiger partial charge on any atom is 0.307 e. The molecule has 0 aromatic rings. The van der Waals surface area contributed by atoms with Crippen molar-refractivity contribution < 1.29 is 18.3 Å². The fourth-order valence-electron chi connectivity index (χ4n) is 15.0. The lowest BCUT2D eigenvalue weighted by atomic mass is 9.33. The van der Waals surface area contributed by atoms with E-state index in [0.717, 1.165) is 25.9 Å². The highest BCUT2D eigenvalue weighted by atomic mass is 32.2. The summed E-state index contributed by atoms with van der Waals surface area (Å²) < 4.78 is 24.0. The van der Waals surface area contributed by atoms with Crippen molar-refractivity contribution in [3.05, 3.63) is 35.5 Å². The quantitative estimate of drug-likeness (QED) is 0.269. The first-order valence-electron chi connectivity index (χ1n) is 20.0. The predicted octanol–water partition coefficient (Wildman–Crippen LogP) is 7.53. The van der Waals surface area contributed by atoms with Crippen molar-refractivity contribution in [2.24, 2.45) is 69.0 Å². The third kappa shape index (κ3) is 4.96. The summed E-state index contributed by atoms with van der Waals surface area (Å²) >= 11 is 0. The van der Waals surface area contributed by atoms with E-state index in [9.17, 15) is 18.3 Å². The Kier molecular flexibility index (Phi) is 7.97. The Morgan fingerprint density at radius 1 is 0.980 bits per heavy atom. The Bertz CT molecular complexity index is 1580. The van der Waals surface area contributed by atoms with Gasteiger partial charge in [-0.15, -0.1) is 0 Å². The molecule has 0 bridgehead atoms. The molecule has 0 aromatic carbocycles. The highest BCUT2D eigenvalue weighted by molar-refractivity contribution is 7.91. The molecule has 0 amide bonds. The summed E-state index contributed by atoms with van der Waals surface area (Å²) in [7, 11) is -2.85. The smallest absolute Gasteiger partial charge is 0.307 e. The maximum atomic E-state index is 12.0. The minimum absolute atomic E-state index is 0.105. The van der Waals surface area contributed by atoms with Gasteiger partial charge in [0.05, 0.1) is 17.4 Å². The molecular weight excluding hydrogens is 629 g/mol. The Balaban J connectivity index is 1.04. The van der Waals surface area contributed by atoms with Crippen LogP contribution in [0.5, 0.6) is 0 Å². The Hall–Kier alpha value is -1.44. The Morgan fingerprint density at radius 3 is 2.37 bits per heavy atom. The van der Waals surface area contributed by atoms with Gasteiger partial charge in [-0.2, -0.15) is 0 Å². The number of nitrogens with one attached hydrogen (secondary N) is 1. The standard InChI is InChI=1S/C42H64N2O4S/c1-26(2)28-10-15-42(43-18-19-44-20-22-49(47,48)23-21-44)17-16-40(6)32(36(28)42)8-9-34-39(5)13-11-31(27-24-29-30(25-27)35(29)37(45)46)38(3,4)33(39)12-14-41(34,40)7/h11,24,28-30,32-36,43H,1,8-10,12-23,25H2,2-7H3,(H,45,46). The van der Waals surface area contributed by atoms with Gasteiger partial charge in [0.1, 0.15) is 0 Å². The second kappa shape index (κ2) is 11.3. The molecular formula is C42H64N2O4S. The van der Waals surface area contributed by atoms with E-state index in [1.807, 2.05) is 0 Å². The number of carboxylic acid groups (broad SMARTS) is 1. The fraction of sp³-hybridized carbons (Fsp3) is 0.833. The van der Waals surface area contributed by atoms with Gasteiger partial charge in [-0.3, -0.25) is 4.79 Å². The van der Waals surface area contributed by atoms with Gasteiger partial charge < -0.3 is 15.3 Å². The number of hydrogen-bond donors (Lipinski definition) is 2. The van der Waals surface area contributed by atoms with E-state index in [-0.39, 0.29) is 28.2 Å². The van der Waals surface area contributed by atoms with Crippen LogP contribution in [-0.2, 0) is 14.6 Å². The predicted molar refractivity (Wildman–Crippen MR) is 197 cm³/mol.